The van der Waals surface area contributed by atoms with Gasteiger partial charge in [0.15, 0.2) is 11.5 Å². The minimum Gasteiger partial charge on any atom is -0.497 e. The SMILES string of the molecule is COc1ccc2c(OCc3nnc4ccc(-c5cc6c(s5)CCN(C(=O)OC(C)(C)C)C6)nn34)ccnc2c1. The Kier molecular flexibility index (Phi) is 6.30. The molecule has 1 aliphatic rings. The maximum Gasteiger partial charge on any atom is 0.410 e. The summed E-state index contributed by atoms with van der Waals surface area (Å²) in [6, 6.07) is 13.5. The Bertz CT molecular complexity index is 1690. The summed E-state index contributed by atoms with van der Waals surface area (Å²) in [6.07, 6.45) is 2.22. The summed E-state index contributed by atoms with van der Waals surface area (Å²) >= 11 is 1.70. The second-order valence-electron chi connectivity index (χ2n) is 10.3. The monoisotopic (exact) mass is 544 g/mol. The van der Waals surface area contributed by atoms with Gasteiger partial charge in [-0.2, -0.15) is 9.61 Å². The number of amides is 1. The van der Waals surface area contributed by atoms with Crippen LogP contribution in [0.5, 0.6) is 11.5 Å². The first-order valence-electron chi connectivity index (χ1n) is 12.6. The van der Waals surface area contributed by atoms with Crippen LogP contribution in [0, 0.1) is 0 Å². The fourth-order valence-electron chi connectivity index (χ4n) is 4.49. The number of pyridine rings is 1. The van der Waals surface area contributed by atoms with Crippen LogP contribution in [0.2, 0.25) is 0 Å². The summed E-state index contributed by atoms with van der Waals surface area (Å²) in [5, 5.41) is 14.3. The summed E-state index contributed by atoms with van der Waals surface area (Å²) in [4.78, 5) is 21.0. The van der Waals surface area contributed by atoms with Gasteiger partial charge in [-0.15, -0.1) is 21.5 Å². The minimum atomic E-state index is -0.519. The maximum absolute atomic E-state index is 12.6. The Balaban J connectivity index is 1.22. The zero-order valence-corrected chi connectivity index (χ0v) is 23.0. The number of hydrogen-bond acceptors (Lipinski definition) is 9. The second-order valence-corrected chi connectivity index (χ2v) is 11.4. The molecule has 11 heteroatoms. The smallest absolute Gasteiger partial charge is 0.410 e. The number of thiophene rings is 1. The van der Waals surface area contributed by atoms with Crippen molar-refractivity contribution < 1.29 is 19.0 Å². The van der Waals surface area contributed by atoms with E-state index < -0.39 is 5.60 Å². The van der Waals surface area contributed by atoms with E-state index >= 15 is 0 Å². The third-order valence-electron chi connectivity index (χ3n) is 6.36. The van der Waals surface area contributed by atoms with Gasteiger partial charge in [-0.25, -0.2) is 4.79 Å². The van der Waals surface area contributed by atoms with Crippen molar-refractivity contribution in [3.63, 3.8) is 0 Å². The highest BCUT2D eigenvalue weighted by Crippen LogP contribution is 2.34. The lowest BCUT2D eigenvalue weighted by atomic mass is 10.1. The topological polar surface area (TPSA) is 104 Å². The number of benzene rings is 1. The number of ether oxygens (including phenoxy) is 3. The fourth-order valence-corrected chi connectivity index (χ4v) is 5.62. The highest BCUT2D eigenvalue weighted by Gasteiger charge is 2.27. The van der Waals surface area contributed by atoms with Gasteiger partial charge < -0.3 is 19.1 Å². The molecule has 0 spiro atoms. The molecule has 0 saturated carbocycles. The van der Waals surface area contributed by atoms with Crippen molar-refractivity contribution in [1.29, 1.82) is 0 Å². The first-order valence-corrected chi connectivity index (χ1v) is 13.5. The molecule has 1 aromatic carbocycles. The van der Waals surface area contributed by atoms with E-state index in [9.17, 15) is 4.79 Å². The largest absolute Gasteiger partial charge is 0.497 e. The number of nitrogens with zero attached hydrogens (tertiary/aromatic N) is 6. The van der Waals surface area contributed by atoms with E-state index in [0.717, 1.165) is 39.2 Å². The van der Waals surface area contributed by atoms with Crippen molar-refractivity contribution in [2.24, 2.45) is 0 Å². The average molecular weight is 545 g/mol. The second kappa shape index (κ2) is 9.81. The van der Waals surface area contributed by atoms with Gasteiger partial charge >= 0.3 is 6.09 Å². The molecule has 5 aromatic rings. The molecule has 0 N–H and O–H groups in total. The van der Waals surface area contributed by atoms with Gasteiger partial charge in [-0.3, -0.25) is 4.98 Å². The van der Waals surface area contributed by atoms with Crippen LogP contribution in [-0.4, -0.2) is 55.0 Å². The Morgan fingerprint density at radius 1 is 1.10 bits per heavy atom. The zero-order valence-electron chi connectivity index (χ0n) is 22.2. The van der Waals surface area contributed by atoms with Gasteiger partial charge in [0, 0.05) is 29.1 Å². The molecule has 10 nitrogen and oxygen atoms in total. The van der Waals surface area contributed by atoms with E-state index in [-0.39, 0.29) is 12.7 Å². The maximum atomic E-state index is 12.6. The van der Waals surface area contributed by atoms with E-state index in [4.69, 9.17) is 19.3 Å². The van der Waals surface area contributed by atoms with Crippen molar-refractivity contribution in [2.45, 2.75) is 45.9 Å². The van der Waals surface area contributed by atoms with E-state index in [1.54, 1.807) is 34.1 Å². The molecule has 0 aliphatic carbocycles. The van der Waals surface area contributed by atoms with Crippen LogP contribution >= 0.6 is 11.3 Å². The van der Waals surface area contributed by atoms with Crippen LogP contribution < -0.4 is 9.47 Å². The summed E-state index contributed by atoms with van der Waals surface area (Å²) < 4.78 is 18.7. The number of hydrogen-bond donors (Lipinski definition) is 0. The first kappa shape index (κ1) is 25.1. The molecule has 0 radical (unpaired) electrons. The van der Waals surface area contributed by atoms with Crippen molar-refractivity contribution in [3.8, 4) is 22.1 Å². The first-order chi connectivity index (χ1) is 18.8. The number of carbonyl (C=O) groups is 1. The predicted molar refractivity (Wildman–Crippen MR) is 147 cm³/mol. The Labute approximate surface area is 229 Å². The van der Waals surface area contributed by atoms with Crippen molar-refractivity contribution in [3.05, 3.63) is 64.9 Å². The minimum absolute atomic E-state index is 0.189. The molecule has 0 unspecified atom stereocenters. The van der Waals surface area contributed by atoms with Crippen LogP contribution in [0.3, 0.4) is 0 Å². The molecule has 0 atom stereocenters. The molecule has 39 heavy (non-hydrogen) atoms. The third kappa shape index (κ3) is 5.09. The van der Waals surface area contributed by atoms with Gasteiger partial charge in [0.25, 0.3) is 0 Å². The predicted octanol–water partition coefficient (Wildman–Crippen LogP) is 5.28. The zero-order chi connectivity index (χ0) is 27.1. The van der Waals surface area contributed by atoms with Crippen LogP contribution in [0.1, 0.15) is 37.0 Å². The van der Waals surface area contributed by atoms with E-state index in [1.807, 2.05) is 57.2 Å². The standard InChI is InChI=1S/C28H28N6O4S/c1-28(2,3)38-27(35)33-12-10-23-17(15-33)13-24(39-23)20-7-8-25-30-31-26(34(25)32-20)16-37-22-9-11-29-21-14-18(36-4)5-6-19(21)22/h5-9,11,13-14H,10,12,15-16H2,1-4H3. The number of methoxy groups -OCH3 is 1. The molecule has 0 saturated heterocycles. The summed E-state index contributed by atoms with van der Waals surface area (Å²) in [7, 11) is 1.63. The van der Waals surface area contributed by atoms with Gasteiger partial charge in [-0.1, -0.05) is 0 Å². The van der Waals surface area contributed by atoms with Crippen LogP contribution in [0.15, 0.2) is 48.7 Å². The molecule has 4 aromatic heterocycles. The van der Waals surface area contributed by atoms with Gasteiger partial charge in [0.05, 0.1) is 24.0 Å². The average Bonchev–Trinajstić information content (AvgIpc) is 3.53. The molecule has 6 rings (SSSR count). The van der Waals surface area contributed by atoms with Crippen molar-refractivity contribution >= 4 is 34.0 Å². The van der Waals surface area contributed by atoms with Crippen molar-refractivity contribution in [1.82, 2.24) is 29.7 Å². The molecule has 0 fully saturated rings. The normalized spacial score (nSPS) is 13.5. The number of aromatic nitrogens is 5. The lowest BCUT2D eigenvalue weighted by Gasteiger charge is -2.29. The molecular formula is C28H28N6O4S. The molecule has 1 amide bonds. The van der Waals surface area contributed by atoms with Gasteiger partial charge in [0.1, 0.15) is 29.4 Å². The third-order valence-corrected chi connectivity index (χ3v) is 7.62. The Morgan fingerprint density at radius 2 is 1.97 bits per heavy atom. The van der Waals surface area contributed by atoms with E-state index in [1.165, 1.54) is 4.88 Å². The number of carbonyl (C=O) groups excluding carboxylic acids is 1. The summed E-state index contributed by atoms with van der Waals surface area (Å²) in [5.41, 5.74) is 2.84. The van der Waals surface area contributed by atoms with Gasteiger partial charge in [-0.05, 0) is 69.2 Å². The van der Waals surface area contributed by atoms with Crippen LogP contribution in [0.25, 0.3) is 27.1 Å². The molecule has 5 heterocycles. The molecular weight excluding hydrogens is 516 g/mol. The fraction of sp³-hybridized carbons (Fsp3) is 0.321. The van der Waals surface area contributed by atoms with Gasteiger partial charge in [0.2, 0.25) is 0 Å². The Morgan fingerprint density at radius 3 is 2.79 bits per heavy atom. The quantitative estimate of drug-likeness (QED) is 0.294. The lowest BCUT2D eigenvalue weighted by Crippen LogP contribution is -2.39. The van der Waals surface area contributed by atoms with Crippen LogP contribution in [-0.2, 0) is 24.3 Å². The number of rotatable bonds is 5. The lowest BCUT2D eigenvalue weighted by molar-refractivity contribution is 0.0225. The Hall–Kier alpha value is -4.25. The van der Waals surface area contributed by atoms with Crippen LogP contribution in [0.4, 0.5) is 4.79 Å². The highest BCUT2D eigenvalue weighted by molar-refractivity contribution is 7.15. The molecule has 1 aliphatic heterocycles. The van der Waals surface area contributed by atoms with E-state index in [2.05, 4.69) is 21.2 Å². The number of fused-ring (bicyclic) bond motifs is 3. The molecule has 200 valence electrons. The summed E-state index contributed by atoms with van der Waals surface area (Å²) in [6.45, 7) is 7.00. The highest BCUT2D eigenvalue weighted by atomic mass is 32.1. The molecule has 0 bridgehead atoms. The summed E-state index contributed by atoms with van der Waals surface area (Å²) in [5.74, 6) is 2.01. The van der Waals surface area contributed by atoms with Crippen molar-refractivity contribution in [2.75, 3.05) is 13.7 Å². The van der Waals surface area contributed by atoms with E-state index in [0.29, 0.717) is 30.3 Å².